The standard InChI is InChI=1S/C17H23NO2/c1-18-11-10-17(9-5-6-13(18)12-17)14-7-4-8-15(19-2)16(14)20-3/h4,7-8,10-11,13H,5-6,9,12H2,1-3H3/t13-,17+/m1/s1. The number of hydrogen-bond acceptors (Lipinski definition) is 3. The summed E-state index contributed by atoms with van der Waals surface area (Å²) in [5.41, 5.74) is 1.38. The molecule has 1 aliphatic heterocycles. The van der Waals surface area contributed by atoms with Gasteiger partial charge >= 0.3 is 0 Å². The molecule has 3 heteroatoms. The summed E-state index contributed by atoms with van der Waals surface area (Å²) in [5.74, 6) is 1.72. The molecular weight excluding hydrogens is 250 g/mol. The molecule has 1 fully saturated rings. The van der Waals surface area contributed by atoms with Crippen molar-refractivity contribution < 1.29 is 9.47 Å². The molecule has 1 aliphatic carbocycles. The van der Waals surface area contributed by atoms with Crippen molar-refractivity contribution in [3.63, 3.8) is 0 Å². The van der Waals surface area contributed by atoms with Crippen LogP contribution >= 0.6 is 0 Å². The highest BCUT2D eigenvalue weighted by Crippen LogP contribution is 2.49. The van der Waals surface area contributed by atoms with Gasteiger partial charge in [-0.25, -0.2) is 0 Å². The lowest BCUT2D eigenvalue weighted by molar-refractivity contribution is 0.176. The fourth-order valence-corrected chi connectivity index (χ4v) is 3.77. The van der Waals surface area contributed by atoms with Crippen LogP contribution in [-0.4, -0.2) is 32.2 Å². The molecule has 1 saturated carbocycles. The van der Waals surface area contributed by atoms with Crippen LogP contribution in [0.2, 0.25) is 0 Å². The van der Waals surface area contributed by atoms with Crippen molar-refractivity contribution in [3.05, 3.63) is 36.0 Å². The first-order valence-electron chi connectivity index (χ1n) is 7.33. The van der Waals surface area contributed by atoms with Gasteiger partial charge in [0.2, 0.25) is 0 Å². The number of fused-ring (bicyclic) bond motifs is 2. The highest BCUT2D eigenvalue weighted by Gasteiger charge is 2.41. The third kappa shape index (κ3) is 1.96. The molecule has 0 amide bonds. The second-order valence-corrected chi connectivity index (χ2v) is 5.93. The summed E-state index contributed by atoms with van der Waals surface area (Å²) in [5, 5.41) is 0. The van der Waals surface area contributed by atoms with Gasteiger partial charge in [-0.2, -0.15) is 0 Å². The summed E-state index contributed by atoms with van der Waals surface area (Å²) in [6.45, 7) is 0. The number of methoxy groups -OCH3 is 2. The maximum atomic E-state index is 5.66. The van der Waals surface area contributed by atoms with Gasteiger partial charge in [0.25, 0.3) is 0 Å². The number of benzene rings is 1. The Morgan fingerprint density at radius 3 is 2.85 bits per heavy atom. The minimum atomic E-state index is 0.106. The second-order valence-electron chi connectivity index (χ2n) is 5.93. The molecule has 2 atom stereocenters. The molecule has 2 bridgehead atoms. The van der Waals surface area contributed by atoms with Crippen molar-refractivity contribution in [1.29, 1.82) is 0 Å². The van der Waals surface area contributed by atoms with E-state index < -0.39 is 0 Å². The number of ether oxygens (including phenoxy) is 2. The lowest BCUT2D eigenvalue weighted by Crippen LogP contribution is -2.44. The molecule has 2 aliphatic rings. The molecule has 0 aromatic heterocycles. The van der Waals surface area contributed by atoms with Gasteiger partial charge in [-0.05, 0) is 31.5 Å². The van der Waals surface area contributed by atoms with Gasteiger partial charge in [0.05, 0.1) is 14.2 Å². The van der Waals surface area contributed by atoms with Crippen LogP contribution in [0.5, 0.6) is 11.5 Å². The summed E-state index contributed by atoms with van der Waals surface area (Å²) in [4.78, 5) is 2.35. The van der Waals surface area contributed by atoms with Crippen LogP contribution in [0, 0.1) is 0 Å². The third-order valence-electron chi connectivity index (χ3n) is 4.90. The van der Waals surface area contributed by atoms with Gasteiger partial charge < -0.3 is 14.4 Å². The molecule has 0 unspecified atom stereocenters. The number of para-hydroxylation sites is 1. The van der Waals surface area contributed by atoms with E-state index in [1.165, 1.54) is 31.2 Å². The van der Waals surface area contributed by atoms with Crippen molar-refractivity contribution in [3.8, 4) is 11.5 Å². The normalized spacial score (nSPS) is 28.4. The van der Waals surface area contributed by atoms with E-state index in [1.54, 1.807) is 14.2 Å². The molecule has 108 valence electrons. The van der Waals surface area contributed by atoms with Crippen LogP contribution in [0.4, 0.5) is 0 Å². The van der Waals surface area contributed by atoms with Gasteiger partial charge in [0.1, 0.15) is 0 Å². The molecule has 1 heterocycles. The summed E-state index contributed by atoms with van der Waals surface area (Å²) in [7, 11) is 5.61. The van der Waals surface area contributed by atoms with E-state index >= 15 is 0 Å². The van der Waals surface area contributed by atoms with Crippen molar-refractivity contribution in [2.45, 2.75) is 37.1 Å². The minimum absolute atomic E-state index is 0.106. The van der Waals surface area contributed by atoms with E-state index in [1.807, 2.05) is 6.07 Å². The molecule has 1 aromatic rings. The molecule has 3 rings (SSSR count). The Kier molecular flexibility index (Phi) is 3.36. The molecule has 0 spiro atoms. The average molecular weight is 273 g/mol. The van der Waals surface area contributed by atoms with Gasteiger partial charge in [0.15, 0.2) is 11.5 Å². The van der Waals surface area contributed by atoms with E-state index in [-0.39, 0.29) is 5.41 Å². The topological polar surface area (TPSA) is 21.7 Å². The highest BCUT2D eigenvalue weighted by atomic mass is 16.5. The summed E-state index contributed by atoms with van der Waals surface area (Å²) in [6.07, 6.45) is 9.52. The number of nitrogens with zero attached hydrogens (tertiary/aromatic N) is 1. The third-order valence-corrected chi connectivity index (χ3v) is 4.90. The van der Waals surface area contributed by atoms with Crippen molar-refractivity contribution in [2.75, 3.05) is 21.3 Å². The molecule has 0 saturated heterocycles. The molecule has 0 radical (unpaired) electrons. The smallest absolute Gasteiger partial charge is 0.164 e. The zero-order valence-corrected chi connectivity index (χ0v) is 12.6. The predicted octanol–water partition coefficient (Wildman–Crippen LogP) is 3.34. The number of allylic oxidation sites excluding steroid dienone is 1. The van der Waals surface area contributed by atoms with Crippen LogP contribution in [0.25, 0.3) is 0 Å². The zero-order valence-electron chi connectivity index (χ0n) is 12.6. The monoisotopic (exact) mass is 273 g/mol. The summed E-state index contributed by atoms with van der Waals surface area (Å²) in [6, 6.07) is 6.88. The highest BCUT2D eigenvalue weighted by molar-refractivity contribution is 5.52. The van der Waals surface area contributed by atoms with Crippen LogP contribution in [0.3, 0.4) is 0 Å². The molecule has 0 N–H and O–H groups in total. The van der Waals surface area contributed by atoms with E-state index in [9.17, 15) is 0 Å². The maximum absolute atomic E-state index is 5.66. The molecule has 20 heavy (non-hydrogen) atoms. The second kappa shape index (κ2) is 5.04. The number of hydrogen-bond donors (Lipinski definition) is 0. The van der Waals surface area contributed by atoms with Crippen molar-refractivity contribution in [1.82, 2.24) is 4.90 Å². The van der Waals surface area contributed by atoms with Gasteiger partial charge in [0, 0.05) is 24.1 Å². The lowest BCUT2D eigenvalue weighted by atomic mass is 9.66. The Morgan fingerprint density at radius 1 is 1.25 bits per heavy atom. The SMILES string of the molecule is COc1cccc([C@]23C=CN(C)[C@H](CCC2)C3)c1OC. The van der Waals surface area contributed by atoms with Crippen LogP contribution in [-0.2, 0) is 5.41 Å². The number of rotatable bonds is 3. The van der Waals surface area contributed by atoms with E-state index in [4.69, 9.17) is 9.47 Å². The Bertz CT molecular complexity index is 526. The Morgan fingerprint density at radius 2 is 2.10 bits per heavy atom. The largest absolute Gasteiger partial charge is 0.493 e. The molecule has 1 aromatic carbocycles. The summed E-state index contributed by atoms with van der Waals surface area (Å²) >= 11 is 0. The summed E-state index contributed by atoms with van der Waals surface area (Å²) < 4.78 is 11.1. The Labute approximate surface area is 121 Å². The lowest BCUT2D eigenvalue weighted by Gasteiger charge is -2.46. The minimum Gasteiger partial charge on any atom is -0.493 e. The van der Waals surface area contributed by atoms with E-state index in [0.717, 1.165) is 11.5 Å². The Balaban J connectivity index is 2.10. The fourth-order valence-electron chi connectivity index (χ4n) is 3.77. The average Bonchev–Trinajstić information content (AvgIpc) is 2.51. The van der Waals surface area contributed by atoms with E-state index in [0.29, 0.717) is 6.04 Å². The van der Waals surface area contributed by atoms with Gasteiger partial charge in [-0.1, -0.05) is 24.6 Å². The first-order chi connectivity index (χ1) is 9.70. The van der Waals surface area contributed by atoms with Crippen LogP contribution in [0.15, 0.2) is 30.5 Å². The van der Waals surface area contributed by atoms with Gasteiger partial charge in [-0.15, -0.1) is 0 Å². The predicted molar refractivity (Wildman–Crippen MR) is 80.4 cm³/mol. The van der Waals surface area contributed by atoms with Crippen LogP contribution < -0.4 is 9.47 Å². The Hall–Kier alpha value is -1.64. The van der Waals surface area contributed by atoms with Crippen molar-refractivity contribution >= 4 is 0 Å². The molecule has 3 nitrogen and oxygen atoms in total. The quantitative estimate of drug-likeness (QED) is 0.843. The van der Waals surface area contributed by atoms with Crippen molar-refractivity contribution in [2.24, 2.45) is 0 Å². The fraction of sp³-hybridized carbons (Fsp3) is 0.529. The van der Waals surface area contributed by atoms with Crippen LogP contribution in [0.1, 0.15) is 31.2 Å². The van der Waals surface area contributed by atoms with Gasteiger partial charge in [-0.3, -0.25) is 0 Å². The first-order valence-corrected chi connectivity index (χ1v) is 7.33. The first kappa shape index (κ1) is 13.3. The zero-order chi connectivity index (χ0) is 14.2. The van der Waals surface area contributed by atoms with E-state index in [2.05, 4.69) is 36.4 Å². The molecular formula is C17H23NO2. The maximum Gasteiger partial charge on any atom is 0.164 e.